The van der Waals surface area contributed by atoms with Crippen molar-refractivity contribution in [3.05, 3.63) is 65.0 Å². The van der Waals surface area contributed by atoms with Gasteiger partial charge in [-0.1, -0.05) is 16.8 Å². The third-order valence-corrected chi connectivity index (χ3v) is 4.37. The molecular weight excluding hydrogens is 347 g/mol. The molecule has 0 spiro atoms. The van der Waals surface area contributed by atoms with Gasteiger partial charge in [0.2, 0.25) is 11.7 Å². The number of hydrogen-bond donors (Lipinski definition) is 0. The number of amides is 1. The smallest absolute Gasteiger partial charge is 0.255 e. The van der Waals surface area contributed by atoms with E-state index >= 15 is 0 Å². The van der Waals surface area contributed by atoms with Crippen molar-refractivity contribution in [3.8, 4) is 11.4 Å². The molecule has 0 aliphatic carbocycles. The summed E-state index contributed by atoms with van der Waals surface area (Å²) in [5.41, 5.74) is 1.10. The van der Waals surface area contributed by atoms with Crippen molar-refractivity contribution in [2.24, 2.45) is 0 Å². The van der Waals surface area contributed by atoms with Crippen LogP contribution in [0.1, 0.15) is 22.2 Å². The molecule has 1 saturated heterocycles. The monoisotopic (exact) mass is 358 g/mol. The van der Waals surface area contributed by atoms with Crippen molar-refractivity contribution in [2.75, 3.05) is 13.1 Å². The molecule has 1 amide bonds. The van der Waals surface area contributed by atoms with E-state index in [0.29, 0.717) is 24.8 Å². The van der Waals surface area contributed by atoms with Crippen molar-refractivity contribution in [1.82, 2.24) is 20.0 Å². The number of aromatic nitrogens is 3. The lowest BCUT2D eigenvalue weighted by molar-refractivity contribution is 0.0569. The maximum Gasteiger partial charge on any atom is 0.255 e. The number of benzene rings is 1. The van der Waals surface area contributed by atoms with Gasteiger partial charge in [0.1, 0.15) is 5.82 Å². The maximum absolute atomic E-state index is 13.1. The zero-order chi connectivity index (χ0) is 17.4. The summed E-state index contributed by atoms with van der Waals surface area (Å²) in [6, 6.07) is 7.32. The first-order chi connectivity index (χ1) is 12.1. The lowest BCUT2D eigenvalue weighted by atomic mass is 9.98. The fraction of sp³-hybridized carbons (Fsp3) is 0.176. The van der Waals surface area contributed by atoms with E-state index in [1.165, 1.54) is 12.1 Å². The highest BCUT2D eigenvalue weighted by Crippen LogP contribution is 2.30. The van der Waals surface area contributed by atoms with E-state index in [1.807, 2.05) is 0 Å². The average molecular weight is 359 g/mol. The molecule has 0 atom stereocenters. The fourth-order valence-electron chi connectivity index (χ4n) is 2.65. The summed E-state index contributed by atoms with van der Waals surface area (Å²) in [7, 11) is 0. The molecule has 0 unspecified atom stereocenters. The van der Waals surface area contributed by atoms with Gasteiger partial charge in [-0.3, -0.25) is 9.78 Å². The van der Waals surface area contributed by atoms with E-state index < -0.39 is 5.82 Å². The Morgan fingerprint density at radius 1 is 1.24 bits per heavy atom. The SMILES string of the molecule is O=C(c1ccc(F)cc1Cl)N1CC(c2nc(-c3ccncc3)no2)C1. The van der Waals surface area contributed by atoms with E-state index in [0.717, 1.165) is 11.6 Å². The van der Waals surface area contributed by atoms with Gasteiger partial charge in [-0.15, -0.1) is 0 Å². The van der Waals surface area contributed by atoms with Gasteiger partial charge in [-0.2, -0.15) is 4.98 Å². The summed E-state index contributed by atoms with van der Waals surface area (Å²) in [6.45, 7) is 0.898. The summed E-state index contributed by atoms with van der Waals surface area (Å²) in [5, 5.41) is 4.06. The van der Waals surface area contributed by atoms with Crippen LogP contribution in [0.4, 0.5) is 4.39 Å². The van der Waals surface area contributed by atoms with Gasteiger partial charge in [0.05, 0.1) is 16.5 Å². The van der Waals surface area contributed by atoms with E-state index in [4.69, 9.17) is 16.1 Å². The fourth-order valence-corrected chi connectivity index (χ4v) is 2.90. The predicted molar refractivity (Wildman–Crippen MR) is 87.6 cm³/mol. The molecule has 0 radical (unpaired) electrons. The first-order valence-electron chi connectivity index (χ1n) is 7.60. The van der Waals surface area contributed by atoms with Crippen LogP contribution in [0.3, 0.4) is 0 Å². The first kappa shape index (κ1) is 15.7. The first-order valence-corrected chi connectivity index (χ1v) is 7.98. The Balaban J connectivity index is 1.44. The molecule has 0 bridgehead atoms. The minimum absolute atomic E-state index is 0.0220. The Labute approximate surface area is 147 Å². The molecule has 1 aliphatic rings. The molecule has 1 aliphatic heterocycles. The highest BCUT2D eigenvalue weighted by Gasteiger charge is 2.36. The van der Waals surface area contributed by atoms with E-state index in [9.17, 15) is 9.18 Å². The Kier molecular flexibility index (Phi) is 3.93. The van der Waals surface area contributed by atoms with Crippen LogP contribution in [0.5, 0.6) is 0 Å². The standard InChI is InChI=1S/C17H12ClFN4O2/c18-14-7-12(19)1-2-13(14)17(24)23-8-11(9-23)16-21-15(22-25-16)10-3-5-20-6-4-10/h1-7,11H,8-9H2. The number of nitrogens with zero attached hydrogens (tertiary/aromatic N) is 4. The second kappa shape index (κ2) is 6.25. The normalized spacial score (nSPS) is 14.4. The second-order valence-electron chi connectivity index (χ2n) is 5.72. The zero-order valence-corrected chi connectivity index (χ0v) is 13.7. The summed E-state index contributed by atoms with van der Waals surface area (Å²) >= 11 is 5.94. The molecule has 8 heteroatoms. The highest BCUT2D eigenvalue weighted by molar-refractivity contribution is 6.33. The number of hydrogen-bond acceptors (Lipinski definition) is 5. The summed E-state index contributed by atoms with van der Waals surface area (Å²) < 4.78 is 18.4. The van der Waals surface area contributed by atoms with Crippen molar-refractivity contribution in [3.63, 3.8) is 0 Å². The van der Waals surface area contributed by atoms with Crippen LogP contribution in [0.15, 0.2) is 47.2 Å². The summed E-state index contributed by atoms with van der Waals surface area (Å²) in [6.07, 6.45) is 3.31. The van der Waals surface area contributed by atoms with Crippen LogP contribution in [0, 0.1) is 5.82 Å². The zero-order valence-electron chi connectivity index (χ0n) is 12.9. The number of pyridine rings is 1. The molecule has 4 rings (SSSR count). The minimum Gasteiger partial charge on any atom is -0.339 e. The quantitative estimate of drug-likeness (QED) is 0.719. The van der Waals surface area contributed by atoms with Crippen molar-refractivity contribution in [2.45, 2.75) is 5.92 Å². The van der Waals surface area contributed by atoms with Gasteiger partial charge in [-0.25, -0.2) is 4.39 Å². The highest BCUT2D eigenvalue weighted by atomic mass is 35.5. The molecule has 0 saturated carbocycles. The number of halogens is 2. The van der Waals surface area contributed by atoms with Crippen LogP contribution < -0.4 is 0 Å². The largest absolute Gasteiger partial charge is 0.339 e. The second-order valence-corrected chi connectivity index (χ2v) is 6.13. The van der Waals surface area contributed by atoms with Gasteiger partial charge < -0.3 is 9.42 Å². The molecule has 3 aromatic rings. The Morgan fingerprint density at radius 3 is 2.72 bits per heavy atom. The number of carbonyl (C=O) groups excluding carboxylic acids is 1. The van der Waals surface area contributed by atoms with Gasteiger partial charge in [-0.05, 0) is 30.3 Å². The topological polar surface area (TPSA) is 72.1 Å². The van der Waals surface area contributed by atoms with E-state index in [2.05, 4.69) is 15.1 Å². The molecular formula is C17H12ClFN4O2. The van der Waals surface area contributed by atoms with Crippen LogP contribution in [-0.4, -0.2) is 39.0 Å². The average Bonchev–Trinajstić information content (AvgIpc) is 3.04. The van der Waals surface area contributed by atoms with Crippen molar-refractivity contribution in [1.29, 1.82) is 0 Å². The minimum atomic E-state index is -0.475. The van der Waals surface area contributed by atoms with Crippen LogP contribution in [0.2, 0.25) is 5.02 Å². The number of rotatable bonds is 3. The third-order valence-electron chi connectivity index (χ3n) is 4.06. The van der Waals surface area contributed by atoms with E-state index in [-0.39, 0.29) is 22.4 Å². The van der Waals surface area contributed by atoms with Crippen LogP contribution in [0.25, 0.3) is 11.4 Å². The lowest BCUT2D eigenvalue weighted by Crippen LogP contribution is -2.48. The number of likely N-dealkylation sites (tertiary alicyclic amines) is 1. The van der Waals surface area contributed by atoms with Crippen LogP contribution in [-0.2, 0) is 0 Å². The van der Waals surface area contributed by atoms with Crippen molar-refractivity contribution < 1.29 is 13.7 Å². The Morgan fingerprint density at radius 2 is 2.00 bits per heavy atom. The van der Waals surface area contributed by atoms with E-state index in [1.54, 1.807) is 29.4 Å². The maximum atomic E-state index is 13.1. The molecule has 1 aromatic carbocycles. The van der Waals surface area contributed by atoms with Crippen molar-refractivity contribution >= 4 is 17.5 Å². The lowest BCUT2D eigenvalue weighted by Gasteiger charge is -2.37. The van der Waals surface area contributed by atoms with Gasteiger partial charge in [0, 0.05) is 31.0 Å². The molecule has 3 heterocycles. The molecule has 0 N–H and O–H groups in total. The van der Waals surface area contributed by atoms with Gasteiger partial charge in [0.25, 0.3) is 5.91 Å². The molecule has 1 fully saturated rings. The molecule has 2 aromatic heterocycles. The van der Waals surface area contributed by atoms with Crippen LogP contribution >= 0.6 is 11.6 Å². The molecule has 25 heavy (non-hydrogen) atoms. The molecule has 6 nitrogen and oxygen atoms in total. The van der Waals surface area contributed by atoms with Gasteiger partial charge in [0.15, 0.2) is 0 Å². The predicted octanol–water partition coefficient (Wildman–Crippen LogP) is 3.16. The number of carbonyl (C=O) groups is 1. The Hall–Kier alpha value is -2.80. The molecule has 126 valence electrons. The van der Waals surface area contributed by atoms with Gasteiger partial charge >= 0.3 is 0 Å². The Bertz CT molecular complexity index is 925. The summed E-state index contributed by atoms with van der Waals surface area (Å²) in [4.78, 5) is 22.3. The summed E-state index contributed by atoms with van der Waals surface area (Å²) in [5.74, 6) is 0.240. The third kappa shape index (κ3) is 2.98.